The third-order valence-corrected chi connectivity index (χ3v) is 4.19. The summed E-state index contributed by atoms with van der Waals surface area (Å²) in [5, 5.41) is 17.2. The average Bonchev–Trinajstić information content (AvgIpc) is 2.80. The van der Waals surface area contributed by atoms with Crippen LogP contribution in [0.1, 0.15) is 9.88 Å². The van der Waals surface area contributed by atoms with Gasteiger partial charge in [-0.25, -0.2) is 4.98 Å². The fourth-order valence-electron chi connectivity index (χ4n) is 1.31. The molecule has 0 saturated heterocycles. The molecule has 1 rings (SSSR count). The molecule has 108 valence electrons. The first kappa shape index (κ1) is 16.3. The maximum atomic E-state index is 10.4. The van der Waals surface area contributed by atoms with Crippen LogP contribution in [-0.2, 0) is 5.75 Å². The normalized spacial score (nSPS) is 10.9. The van der Waals surface area contributed by atoms with Crippen molar-refractivity contribution in [3.8, 4) is 12.3 Å². The second-order valence-corrected chi connectivity index (χ2v) is 6.14. The fourth-order valence-corrected chi connectivity index (χ4v) is 3.05. The largest absolute Gasteiger partial charge is 0.366 e. The Kier molecular flexibility index (Phi) is 7.54. The third kappa shape index (κ3) is 7.01. The highest BCUT2D eigenvalue weighted by Gasteiger charge is 2.02. The van der Waals surface area contributed by atoms with Crippen LogP contribution in [0.5, 0.6) is 0 Å². The predicted octanol–water partition coefficient (Wildman–Crippen LogP) is 1.57. The van der Waals surface area contributed by atoms with Crippen LogP contribution in [-0.4, -0.2) is 28.7 Å². The molecule has 2 N–H and O–H groups in total. The Morgan fingerprint density at radius 2 is 2.50 bits per heavy atom. The molecule has 0 radical (unpaired) electrons. The van der Waals surface area contributed by atoms with Gasteiger partial charge in [-0.2, -0.15) is 11.8 Å². The lowest BCUT2D eigenvalue weighted by Gasteiger charge is -2.08. The molecule has 20 heavy (non-hydrogen) atoms. The van der Waals surface area contributed by atoms with Gasteiger partial charge >= 0.3 is 0 Å². The van der Waals surface area contributed by atoms with Gasteiger partial charge < -0.3 is 10.6 Å². The van der Waals surface area contributed by atoms with E-state index in [-0.39, 0.29) is 6.54 Å². The second kappa shape index (κ2) is 9.23. The Balaban J connectivity index is 2.23. The van der Waals surface area contributed by atoms with Crippen LogP contribution in [0.3, 0.4) is 0 Å². The summed E-state index contributed by atoms with van der Waals surface area (Å²) >= 11 is 3.43. The summed E-state index contributed by atoms with van der Waals surface area (Å²) in [6.45, 7) is 2.85. The number of hydrogen-bond donors (Lipinski definition) is 2. The zero-order chi connectivity index (χ0) is 14.8. The minimum absolute atomic E-state index is 0.250. The van der Waals surface area contributed by atoms with Crippen LogP contribution in [0.25, 0.3) is 0 Å². The topological polar surface area (TPSA) is 80.1 Å². The molecule has 0 amide bonds. The first-order valence-corrected chi connectivity index (χ1v) is 7.84. The van der Waals surface area contributed by atoms with Gasteiger partial charge in [0.05, 0.1) is 16.5 Å². The van der Waals surface area contributed by atoms with Crippen molar-refractivity contribution >= 4 is 23.1 Å². The molecule has 0 aliphatic rings. The van der Waals surface area contributed by atoms with Crippen LogP contribution in [0.15, 0.2) is 18.2 Å². The standard InChI is InChI=1S/C12H16N4O2S2/c1-3-4-13-12(8-16(17)18)14-5-6-19-9-11-7-15-10(2)20-11/h1,7-8,13-14H,4-6,9H2,2H3/b12-8-. The number of nitro groups is 1. The third-order valence-electron chi connectivity index (χ3n) is 2.09. The van der Waals surface area contributed by atoms with Crippen molar-refractivity contribution in [3.05, 3.63) is 38.2 Å². The molecule has 1 aromatic rings. The maximum absolute atomic E-state index is 10.4. The van der Waals surface area contributed by atoms with Crippen molar-refractivity contribution in [1.82, 2.24) is 15.6 Å². The smallest absolute Gasteiger partial charge is 0.274 e. The van der Waals surface area contributed by atoms with Gasteiger partial charge in [-0.05, 0) is 6.92 Å². The zero-order valence-electron chi connectivity index (χ0n) is 11.1. The molecule has 0 aliphatic heterocycles. The Morgan fingerprint density at radius 1 is 1.70 bits per heavy atom. The molecule has 0 aromatic carbocycles. The van der Waals surface area contributed by atoms with Gasteiger partial charge in [0, 0.05) is 29.1 Å². The molecule has 6 nitrogen and oxygen atoms in total. The van der Waals surface area contributed by atoms with Crippen LogP contribution < -0.4 is 10.6 Å². The number of aromatic nitrogens is 1. The van der Waals surface area contributed by atoms with Crippen LogP contribution in [0.2, 0.25) is 0 Å². The average molecular weight is 312 g/mol. The number of aryl methyl sites for hydroxylation is 1. The minimum atomic E-state index is -0.515. The van der Waals surface area contributed by atoms with E-state index in [1.54, 1.807) is 23.1 Å². The van der Waals surface area contributed by atoms with Crippen molar-refractivity contribution < 1.29 is 4.92 Å². The number of terminal acetylenes is 1. The summed E-state index contributed by atoms with van der Waals surface area (Å²) < 4.78 is 0. The summed E-state index contributed by atoms with van der Waals surface area (Å²) in [6, 6.07) is 0. The van der Waals surface area contributed by atoms with Crippen molar-refractivity contribution in [2.24, 2.45) is 0 Å². The van der Waals surface area contributed by atoms with Crippen molar-refractivity contribution in [2.75, 3.05) is 18.8 Å². The Bertz CT molecular complexity index is 508. The van der Waals surface area contributed by atoms with Gasteiger partial charge in [-0.1, -0.05) is 5.92 Å². The summed E-state index contributed by atoms with van der Waals surface area (Å²) in [7, 11) is 0. The molecular formula is C12H16N4O2S2. The lowest BCUT2D eigenvalue weighted by atomic mass is 10.6. The molecule has 0 aliphatic carbocycles. The fraction of sp³-hybridized carbons (Fsp3) is 0.417. The summed E-state index contributed by atoms with van der Waals surface area (Å²) in [6.07, 6.45) is 7.87. The Labute approximate surface area is 126 Å². The molecule has 8 heteroatoms. The van der Waals surface area contributed by atoms with E-state index in [9.17, 15) is 10.1 Å². The Morgan fingerprint density at radius 3 is 3.10 bits per heavy atom. The van der Waals surface area contributed by atoms with E-state index in [2.05, 4.69) is 21.5 Å². The van der Waals surface area contributed by atoms with E-state index in [0.29, 0.717) is 12.4 Å². The molecule has 0 atom stereocenters. The number of nitrogens with one attached hydrogen (secondary N) is 2. The number of hydrogen-bond acceptors (Lipinski definition) is 7. The van der Waals surface area contributed by atoms with Gasteiger partial charge in [0.25, 0.3) is 6.20 Å². The SMILES string of the molecule is C#CCN/C(=C/[N+](=O)[O-])NCCSCc1cnc(C)s1. The Hall–Kier alpha value is -1.72. The van der Waals surface area contributed by atoms with Gasteiger partial charge in [0.15, 0.2) is 5.82 Å². The summed E-state index contributed by atoms with van der Waals surface area (Å²) in [5.74, 6) is 4.45. The van der Waals surface area contributed by atoms with E-state index in [0.717, 1.165) is 22.7 Å². The van der Waals surface area contributed by atoms with Crippen molar-refractivity contribution in [1.29, 1.82) is 0 Å². The highest BCUT2D eigenvalue weighted by atomic mass is 32.2. The van der Waals surface area contributed by atoms with Crippen LogP contribution in [0, 0.1) is 29.4 Å². The van der Waals surface area contributed by atoms with Gasteiger partial charge in [-0.3, -0.25) is 10.1 Å². The first-order valence-electron chi connectivity index (χ1n) is 5.87. The van der Waals surface area contributed by atoms with E-state index >= 15 is 0 Å². The molecule has 0 saturated carbocycles. The summed E-state index contributed by atoms with van der Waals surface area (Å²) in [5.41, 5.74) is 0. The van der Waals surface area contributed by atoms with Gasteiger partial charge in [0.2, 0.25) is 0 Å². The molecule has 0 fully saturated rings. The van der Waals surface area contributed by atoms with Gasteiger partial charge in [0.1, 0.15) is 0 Å². The minimum Gasteiger partial charge on any atom is -0.366 e. The van der Waals surface area contributed by atoms with Gasteiger partial charge in [-0.15, -0.1) is 17.8 Å². The molecular weight excluding hydrogens is 296 g/mol. The van der Waals surface area contributed by atoms with Crippen LogP contribution in [0.4, 0.5) is 0 Å². The quantitative estimate of drug-likeness (QED) is 0.312. The zero-order valence-corrected chi connectivity index (χ0v) is 12.7. The van der Waals surface area contributed by atoms with E-state index in [1.807, 2.05) is 13.1 Å². The lowest BCUT2D eigenvalue weighted by molar-refractivity contribution is -0.404. The van der Waals surface area contributed by atoms with E-state index in [1.165, 1.54) is 4.88 Å². The van der Waals surface area contributed by atoms with E-state index in [4.69, 9.17) is 6.42 Å². The first-order chi connectivity index (χ1) is 9.61. The molecule has 1 aromatic heterocycles. The monoisotopic (exact) mass is 312 g/mol. The predicted molar refractivity (Wildman–Crippen MR) is 82.9 cm³/mol. The number of rotatable bonds is 9. The second-order valence-electron chi connectivity index (χ2n) is 3.71. The molecule has 0 spiro atoms. The number of nitrogens with zero attached hydrogens (tertiary/aromatic N) is 2. The highest BCUT2D eigenvalue weighted by molar-refractivity contribution is 7.98. The highest BCUT2D eigenvalue weighted by Crippen LogP contribution is 2.17. The maximum Gasteiger partial charge on any atom is 0.274 e. The van der Waals surface area contributed by atoms with E-state index < -0.39 is 4.92 Å². The van der Waals surface area contributed by atoms with Crippen molar-refractivity contribution in [3.63, 3.8) is 0 Å². The van der Waals surface area contributed by atoms with Crippen molar-refractivity contribution in [2.45, 2.75) is 12.7 Å². The summed E-state index contributed by atoms with van der Waals surface area (Å²) in [4.78, 5) is 15.3. The molecule has 0 bridgehead atoms. The number of thioether (sulfide) groups is 1. The van der Waals surface area contributed by atoms with Crippen LogP contribution >= 0.6 is 23.1 Å². The lowest BCUT2D eigenvalue weighted by Crippen LogP contribution is -2.29. The molecule has 1 heterocycles. The molecule has 0 unspecified atom stereocenters. The number of thiazole rings is 1.